The molecule has 104 valence electrons. The van der Waals surface area contributed by atoms with Crippen LogP contribution in [-0.2, 0) is 0 Å². The van der Waals surface area contributed by atoms with Crippen molar-refractivity contribution in [3.05, 3.63) is 35.2 Å². The number of hydrogen-bond acceptors (Lipinski definition) is 7. The summed E-state index contributed by atoms with van der Waals surface area (Å²) in [6, 6.07) is 5.05. The predicted octanol–water partition coefficient (Wildman–Crippen LogP) is 1.87. The van der Waals surface area contributed by atoms with Crippen LogP contribution < -0.4 is 15.9 Å². The van der Waals surface area contributed by atoms with Crippen LogP contribution in [0.5, 0.6) is 11.5 Å². The van der Waals surface area contributed by atoms with E-state index in [-0.39, 0.29) is 22.4 Å². The van der Waals surface area contributed by atoms with Crippen molar-refractivity contribution in [1.82, 2.24) is 9.97 Å². The highest BCUT2D eigenvalue weighted by Crippen LogP contribution is 2.28. The first-order chi connectivity index (χ1) is 9.63. The normalized spacial score (nSPS) is 10.7. The van der Waals surface area contributed by atoms with Gasteiger partial charge in [0.2, 0.25) is 0 Å². The third kappa shape index (κ3) is 2.89. The molecule has 0 atom stereocenters. The van der Waals surface area contributed by atoms with E-state index in [0.29, 0.717) is 11.3 Å². The van der Waals surface area contributed by atoms with Gasteiger partial charge in [0.05, 0.1) is 13.3 Å². The molecule has 1 aromatic heterocycles. The number of nitrogen functional groups attached to an aromatic ring is 1. The molecule has 0 radical (unpaired) electrons. The molecule has 0 bridgehead atoms. The number of hydrazone groups is 1. The van der Waals surface area contributed by atoms with Gasteiger partial charge >= 0.3 is 0 Å². The zero-order valence-electron chi connectivity index (χ0n) is 10.5. The van der Waals surface area contributed by atoms with E-state index in [1.807, 2.05) is 0 Å². The van der Waals surface area contributed by atoms with Gasteiger partial charge in [-0.15, -0.1) is 0 Å². The zero-order valence-corrected chi connectivity index (χ0v) is 11.3. The van der Waals surface area contributed by atoms with E-state index in [1.54, 1.807) is 18.2 Å². The Morgan fingerprint density at radius 3 is 3.00 bits per heavy atom. The first-order valence-corrected chi connectivity index (χ1v) is 5.92. The summed E-state index contributed by atoms with van der Waals surface area (Å²) in [7, 11) is 1.47. The number of aromatic hydroxyl groups is 1. The molecular formula is C12H12ClN5O2. The standard InChI is InChI=1S/C12H12ClN5O2/c1-20-8-4-2-3-7(10(8)19)5-17-18-12-9(14)11(13)15-6-16-12/h2-6,19H,14H2,1H3,(H,15,16,18)/b17-5+. The Labute approximate surface area is 120 Å². The van der Waals surface area contributed by atoms with Crippen LogP contribution in [0.2, 0.25) is 5.15 Å². The molecule has 1 heterocycles. The minimum atomic E-state index is -0.00533. The summed E-state index contributed by atoms with van der Waals surface area (Å²) in [5.74, 6) is 0.636. The smallest absolute Gasteiger partial charge is 0.174 e. The van der Waals surface area contributed by atoms with Gasteiger partial charge in [-0.3, -0.25) is 5.43 Å². The number of aromatic nitrogens is 2. The molecule has 0 spiro atoms. The Morgan fingerprint density at radius 2 is 2.25 bits per heavy atom. The van der Waals surface area contributed by atoms with Crippen molar-refractivity contribution in [1.29, 1.82) is 0 Å². The van der Waals surface area contributed by atoms with E-state index in [9.17, 15) is 5.11 Å². The second-order valence-electron chi connectivity index (χ2n) is 3.69. The maximum Gasteiger partial charge on any atom is 0.174 e. The molecule has 2 aromatic rings. The van der Waals surface area contributed by atoms with Crippen molar-refractivity contribution in [2.45, 2.75) is 0 Å². The molecule has 0 fully saturated rings. The molecule has 0 aliphatic rings. The van der Waals surface area contributed by atoms with Gasteiger partial charge in [-0.25, -0.2) is 9.97 Å². The van der Waals surface area contributed by atoms with Crippen LogP contribution in [0, 0.1) is 0 Å². The van der Waals surface area contributed by atoms with E-state index in [1.165, 1.54) is 19.7 Å². The van der Waals surface area contributed by atoms with Crippen molar-refractivity contribution < 1.29 is 9.84 Å². The minimum absolute atomic E-state index is 0.00533. The number of para-hydroxylation sites is 1. The Bertz CT molecular complexity index is 648. The Morgan fingerprint density at radius 1 is 1.45 bits per heavy atom. The monoisotopic (exact) mass is 293 g/mol. The van der Waals surface area contributed by atoms with Crippen molar-refractivity contribution in [2.24, 2.45) is 5.10 Å². The molecule has 4 N–H and O–H groups in total. The lowest BCUT2D eigenvalue weighted by molar-refractivity contribution is 0.373. The van der Waals surface area contributed by atoms with Crippen molar-refractivity contribution >= 4 is 29.3 Å². The van der Waals surface area contributed by atoms with Gasteiger partial charge in [-0.2, -0.15) is 5.10 Å². The maximum atomic E-state index is 9.87. The fraction of sp³-hybridized carbons (Fsp3) is 0.0833. The summed E-state index contributed by atoms with van der Waals surface area (Å²) in [4.78, 5) is 7.62. The van der Waals surface area contributed by atoms with E-state index < -0.39 is 0 Å². The van der Waals surface area contributed by atoms with E-state index in [4.69, 9.17) is 22.1 Å². The average molecular weight is 294 g/mol. The molecule has 0 saturated carbocycles. The van der Waals surface area contributed by atoms with E-state index >= 15 is 0 Å². The quantitative estimate of drug-likeness (QED) is 0.451. The van der Waals surface area contributed by atoms with Crippen LogP contribution in [0.3, 0.4) is 0 Å². The SMILES string of the molecule is COc1cccc(/C=N/Nc2ncnc(Cl)c2N)c1O. The number of nitrogens with one attached hydrogen (secondary N) is 1. The Balaban J connectivity index is 2.17. The number of rotatable bonds is 4. The first-order valence-electron chi connectivity index (χ1n) is 5.54. The number of ether oxygens (including phenoxy) is 1. The van der Waals surface area contributed by atoms with Gasteiger partial charge in [0.15, 0.2) is 22.5 Å². The summed E-state index contributed by atoms with van der Waals surface area (Å²) < 4.78 is 4.99. The highest BCUT2D eigenvalue weighted by molar-refractivity contribution is 6.32. The van der Waals surface area contributed by atoms with Gasteiger partial charge in [0, 0.05) is 5.56 Å². The zero-order chi connectivity index (χ0) is 14.5. The number of halogens is 1. The van der Waals surface area contributed by atoms with Crippen LogP contribution in [0.15, 0.2) is 29.6 Å². The summed E-state index contributed by atoms with van der Waals surface area (Å²) in [5.41, 5.74) is 8.98. The second kappa shape index (κ2) is 6.07. The highest BCUT2D eigenvalue weighted by atomic mass is 35.5. The highest BCUT2D eigenvalue weighted by Gasteiger charge is 2.06. The molecule has 0 unspecified atom stereocenters. The van der Waals surface area contributed by atoms with Crippen molar-refractivity contribution in [2.75, 3.05) is 18.3 Å². The molecule has 7 nitrogen and oxygen atoms in total. The average Bonchev–Trinajstić information content (AvgIpc) is 2.45. The van der Waals surface area contributed by atoms with Gasteiger partial charge < -0.3 is 15.6 Å². The Hall–Kier alpha value is -2.54. The molecule has 20 heavy (non-hydrogen) atoms. The number of hydrogen-bond donors (Lipinski definition) is 3. The van der Waals surface area contributed by atoms with Crippen LogP contribution in [0.25, 0.3) is 0 Å². The van der Waals surface area contributed by atoms with Crippen LogP contribution in [0.1, 0.15) is 5.56 Å². The van der Waals surface area contributed by atoms with Gasteiger partial charge in [-0.1, -0.05) is 17.7 Å². The molecule has 1 aromatic carbocycles. The van der Waals surface area contributed by atoms with Crippen LogP contribution in [-0.4, -0.2) is 28.4 Å². The third-order valence-electron chi connectivity index (χ3n) is 2.46. The lowest BCUT2D eigenvalue weighted by Crippen LogP contribution is -2.01. The molecule has 0 amide bonds. The lowest BCUT2D eigenvalue weighted by Gasteiger charge is -2.06. The lowest BCUT2D eigenvalue weighted by atomic mass is 10.2. The van der Waals surface area contributed by atoms with Gasteiger partial charge in [-0.05, 0) is 12.1 Å². The number of phenols is 1. The van der Waals surface area contributed by atoms with E-state index in [0.717, 1.165) is 0 Å². The maximum absolute atomic E-state index is 9.87. The van der Waals surface area contributed by atoms with Crippen molar-refractivity contribution in [3.8, 4) is 11.5 Å². The molecule has 0 aliphatic heterocycles. The summed E-state index contributed by atoms with van der Waals surface area (Å²) >= 11 is 5.75. The number of phenolic OH excluding ortho intramolecular Hbond substituents is 1. The molecule has 2 rings (SSSR count). The molecule has 8 heteroatoms. The number of nitrogens with zero attached hydrogens (tertiary/aromatic N) is 3. The topological polar surface area (TPSA) is 106 Å². The van der Waals surface area contributed by atoms with Crippen LogP contribution >= 0.6 is 11.6 Å². The van der Waals surface area contributed by atoms with Crippen molar-refractivity contribution in [3.63, 3.8) is 0 Å². The molecule has 0 saturated heterocycles. The fourth-order valence-corrected chi connectivity index (χ4v) is 1.57. The number of anilines is 2. The minimum Gasteiger partial charge on any atom is -0.504 e. The van der Waals surface area contributed by atoms with E-state index in [2.05, 4.69) is 20.5 Å². The Kier molecular flexibility index (Phi) is 4.21. The summed E-state index contributed by atoms with van der Waals surface area (Å²) in [6.45, 7) is 0. The van der Waals surface area contributed by atoms with Gasteiger partial charge in [0.25, 0.3) is 0 Å². The first kappa shape index (κ1) is 13.9. The predicted molar refractivity (Wildman–Crippen MR) is 77.3 cm³/mol. The largest absolute Gasteiger partial charge is 0.504 e. The molecular weight excluding hydrogens is 282 g/mol. The third-order valence-corrected chi connectivity index (χ3v) is 2.76. The number of benzene rings is 1. The van der Waals surface area contributed by atoms with Gasteiger partial charge in [0.1, 0.15) is 12.0 Å². The molecule has 0 aliphatic carbocycles. The fourth-order valence-electron chi connectivity index (χ4n) is 1.43. The second-order valence-corrected chi connectivity index (χ2v) is 4.05. The van der Waals surface area contributed by atoms with Crippen LogP contribution in [0.4, 0.5) is 11.5 Å². The summed E-state index contributed by atoms with van der Waals surface area (Å²) in [5, 5.41) is 13.9. The number of nitrogens with two attached hydrogens (primary N) is 1. The number of methoxy groups -OCH3 is 1. The summed E-state index contributed by atoms with van der Waals surface area (Å²) in [6.07, 6.45) is 2.67.